The van der Waals surface area contributed by atoms with Gasteiger partial charge in [0.25, 0.3) is 5.12 Å². The van der Waals surface area contributed by atoms with Crippen molar-refractivity contribution in [1.29, 1.82) is 0 Å². The molecule has 0 atom stereocenters. The van der Waals surface area contributed by atoms with Crippen LogP contribution in [0.5, 0.6) is 0 Å². The highest BCUT2D eigenvalue weighted by atomic mass is 35.5. The van der Waals surface area contributed by atoms with E-state index >= 15 is 0 Å². The lowest BCUT2D eigenvalue weighted by atomic mass is 10.1. The Morgan fingerprint density at radius 3 is 2.42 bits per heavy atom. The van der Waals surface area contributed by atoms with Crippen molar-refractivity contribution in [3.63, 3.8) is 0 Å². The molecule has 0 radical (unpaired) electrons. The molecule has 0 saturated carbocycles. The van der Waals surface area contributed by atoms with E-state index in [1.165, 1.54) is 6.07 Å². The van der Waals surface area contributed by atoms with E-state index < -0.39 is 10.9 Å². The molecule has 19 heavy (non-hydrogen) atoms. The third-order valence-electron chi connectivity index (χ3n) is 2.48. The Balaban J connectivity index is 1.99. The molecular formula is C15H11ClO2S. The van der Waals surface area contributed by atoms with Crippen molar-refractivity contribution in [2.75, 3.05) is 0 Å². The molecule has 0 aromatic heterocycles. The molecule has 0 heterocycles. The second kappa shape index (κ2) is 6.55. The summed E-state index contributed by atoms with van der Waals surface area (Å²) in [4.78, 5) is 23.7. The number of rotatable bonds is 4. The summed E-state index contributed by atoms with van der Waals surface area (Å²) in [5.74, 6) is -0.0187. The smallest absolute Gasteiger partial charge is 0.260 e. The van der Waals surface area contributed by atoms with Gasteiger partial charge in [0.1, 0.15) is 0 Å². The van der Waals surface area contributed by atoms with Gasteiger partial charge in [-0.15, -0.1) is 0 Å². The van der Waals surface area contributed by atoms with Crippen molar-refractivity contribution in [3.05, 3.63) is 70.7 Å². The molecule has 4 heteroatoms. The lowest BCUT2D eigenvalue weighted by Crippen LogP contribution is -2.10. The molecule has 96 valence electrons. The van der Waals surface area contributed by atoms with Crippen LogP contribution in [0.4, 0.5) is 0 Å². The van der Waals surface area contributed by atoms with Crippen LogP contribution in [-0.2, 0) is 10.5 Å². The molecule has 0 fully saturated rings. The largest absolute Gasteiger partial charge is 0.284 e. The molecule has 2 nitrogen and oxygen atoms in total. The average molecular weight is 291 g/mol. The van der Waals surface area contributed by atoms with Crippen molar-refractivity contribution in [3.8, 4) is 0 Å². The minimum absolute atomic E-state index is 0.332. The molecule has 0 bridgehead atoms. The molecule has 2 rings (SSSR count). The zero-order valence-electron chi connectivity index (χ0n) is 10.0. The van der Waals surface area contributed by atoms with Gasteiger partial charge in [-0.05, 0) is 17.7 Å². The first kappa shape index (κ1) is 13.8. The van der Waals surface area contributed by atoms with Crippen LogP contribution in [-0.4, -0.2) is 10.9 Å². The summed E-state index contributed by atoms with van der Waals surface area (Å²) in [6, 6.07) is 16.0. The fourth-order valence-corrected chi connectivity index (χ4v) is 2.47. The number of thioether (sulfide) groups is 1. The molecule has 0 unspecified atom stereocenters. The van der Waals surface area contributed by atoms with Crippen LogP contribution >= 0.6 is 23.4 Å². The Bertz CT molecular complexity index is 596. The molecule has 2 aromatic rings. The van der Waals surface area contributed by atoms with Crippen LogP contribution in [0, 0.1) is 0 Å². The highest BCUT2D eigenvalue weighted by molar-refractivity contribution is 8.14. The van der Waals surface area contributed by atoms with Crippen LogP contribution < -0.4 is 0 Å². The van der Waals surface area contributed by atoms with Gasteiger partial charge >= 0.3 is 0 Å². The summed E-state index contributed by atoms with van der Waals surface area (Å²) in [7, 11) is 0. The zero-order valence-corrected chi connectivity index (χ0v) is 11.6. The molecule has 0 aliphatic carbocycles. The van der Waals surface area contributed by atoms with Crippen LogP contribution in [0.15, 0.2) is 54.6 Å². The SMILES string of the molecule is O=C(SCc1ccccc1)C(=O)c1cccc(Cl)c1. The van der Waals surface area contributed by atoms with Crippen molar-refractivity contribution < 1.29 is 9.59 Å². The molecule has 0 N–H and O–H groups in total. The Morgan fingerprint density at radius 2 is 1.74 bits per heavy atom. The average Bonchev–Trinajstić information content (AvgIpc) is 2.45. The second-order valence-corrected chi connectivity index (χ2v) is 5.29. The summed E-state index contributed by atoms with van der Waals surface area (Å²) in [6.07, 6.45) is 0. The van der Waals surface area contributed by atoms with Crippen molar-refractivity contribution in [2.45, 2.75) is 5.75 Å². The topological polar surface area (TPSA) is 34.1 Å². The standard InChI is InChI=1S/C15H11ClO2S/c16-13-8-4-7-12(9-13)14(17)15(18)19-10-11-5-2-1-3-6-11/h1-9H,10H2. The predicted octanol–water partition coefficient (Wildman–Crippen LogP) is 3.98. The number of Topliss-reactive ketones (excluding diaryl/α,β-unsaturated/α-hetero) is 1. The highest BCUT2D eigenvalue weighted by Gasteiger charge is 2.16. The van der Waals surface area contributed by atoms with E-state index in [4.69, 9.17) is 11.6 Å². The lowest BCUT2D eigenvalue weighted by Gasteiger charge is -2.01. The minimum Gasteiger partial charge on any atom is -0.284 e. The Kier molecular flexibility index (Phi) is 4.77. The number of ketones is 1. The van der Waals surface area contributed by atoms with Gasteiger partial charge in [-0.3, -0.25) is 9.59 Å². The highest BCUT2D eigenvalue weighted by Crippen LogP contribution is 2.17. The first-order valence-electron chi connectivity index (χ1n) is 5.68. The maximum Gasteiger partial charge on any atom is 0.260 e. The van der Waals surface area contributed by atoms with Gasteiger partial charge in [-0.2, -0.15) is 0 Å². The van der Waals surface area contributed by atoms with Crippen LogP contribution in [0.3, 0.4) is 0 Å². The van der Waals surface area contributed by atoms with E-state index in [2.05, 4.69) is 0 Å². The van der Waals surface area contributed by atoms with Crippen LogP contribution in [0.1, 0.15) is 15.9 Å². The van der Waals surface area contributed by atoms with Gasteiger partial charge in [0.2, 0.25) is 5.78 Å². The third kappa shape index (κ3) is 3.94. The maximum atomic E-state index is 11.9. The van der Waals surface area contributed by atoms with E-state index in [1.807, 2.05) is 30.3 Å². The van der Waals surface area contributed by atoms with Gasteiger partial charge in [-0.1, -0.05) is 65.8 Å². The first-order chi connectivity index (χ1) is 9.16. The molecule has 0 amide bonds. The quantitative estimate of drug-likeness (QED) is 0.631. The molecular weight excluding hydrogens is 280 g/mol. The van der Waals surface area contributed by atoms with E-state index in [0.717, 1.165) is 17.3 Å². The Hall–Kier alpha value is -1.58. The summed E-state index contributed by atoms with van der Waals surface area (Å²) in [6.45, 7) is 0. The minimum atomic E-state index is -0.511. The van der Waals surface area contributed by atoms with Crippen molar-refractivity contribution in [1.82, 2.24) is 0 Å². The fourth-order valence-electron chi connectivity index (χ4n) is 1.54. The Morgan fingerprint density at radius 1 is 1.00 bits per heavy atom. The van der Waals surface area contributed by atoms with E-state index in [0.29, 0.717) is 16.3 Å². The lowest BCUT2D eigenvalue weighted by molar-refractivity contribution is -0.107. The maximum absolute atomic E-state index is 11.9. The van der Waals surface area contributed by atoms with E-state index in [1.54, 1.807) is 18.2 Å². The summed E-state index contributed by atoms with van der Waals surface area (Å²) in [5.41, 5.74) is 1.35. The molecule has 0 aliphatic rings. The molecule has 0 aliphatic heterocycles. The number of hydrogen-bond acceptors (Lipinski definition) is 3. The van der Waals surface area contributed by atoms with E-state index in [9.17, 15) is 9.59 Å². The predicted molar refractivity (Wildman–Crippen MR) is 78.5 cm³/mol. The molecule has 0 spiro atoms. The van der Waals surface area contributed by atoms with Gasteiger partial charge in [0.15, 0.2) is 0 Å². The summed E-state index contributed by atoms with van der Waals surface area (Å²) >= 11 is 6.80. The van der Waals surface area contributed by atoms with Crippen LogP contribution in [0.25, 0.3) is 0 Å². The molecule has 2 aromatic carbocycles. The number of hydrogen-bond donors (Lipinski definition) is 0. The normalized spacial score (nSPS) is 10.2. The molecule has 0 saturated heterocycles. The van der Waals surface area contributed by atoms with Gasteiger partial charge in [0, 0.05) is 16.3 Å². The third-order valence-corrected chi connectivity index (χ3v) is 3.65. The van der Waals surface area contributed by atoms with Crippen molar-refractivity contribution >= 4 is 34.3 Å². The first-order valence-corrected chi connectivity index (χ1v) is 7.04. The van der Waals surface area contributed by atoms with Gasteiger partial charge in [-0.25, -0.2) is 0 Å². The monoisotopic (exact) mass is 290 g/mol. The zero-order chi connectivity index (χ0) is 13.7. The Labute approximate surface area is 120 Å². The summed E-state index contributed by atoms with van der Waals surface area (Å²) < 4.78 is 0. The number of carbonyl (C=O) groups is 2. The van der Waals surface area contributed by atoms with Crippen molar-refractivity contribution in [2.24, 2.45) is 0 Å². The second-order valence-electron chi connectivity index (χ2n) is 3.90. The van der Waals surface area contributed by atoms with E-state index in [-0.39, 0.29) is 0 Å². The van der Waals surface area contributed by atoms with Crippen LogP contribution in [0.2, 0.25) is 5.02 Å². The fraction of sp³-hybridized carbons (Fsp3) is 0.0667. The number of benzene rings is 2. The van der Waals surface area contributed by atoms with Gasteiger partial charge < -0.3 is 0 Å². The number of halogens is 1. The summed E-state index contributed by atoms with van der Waals surface area (Å²) in [5, 5.41) is -0.0159. The van der Waals surface area contributed by atoms with Gasteiger partial charge in [0.05, 0.1) is 0 Å². The number of carbonyl (C=O) groups excluding carboxylic acids is 2.